The van der Waals surface area contributed by atoms with Crippen molar-refractivity contribution in [3.05, 3.63) is 28.8 Å². The van der Waals surface area contributed by atoms with Crippen LogP contribution in [-0.4, -0.2) is 41.8 Å². The molecule has 0 spiro atoms. The molecule has 0 radical (unpaired) electrons. The molecule has 116 valence electrons. The van der Waals surface area contributed by atoms with Gasteiger partial charge in [-0.3, -0.25) is 0 Å². The smallest absolute Gasteiger partial charge is 0.409 e. The van der Waals surface area contributed by atoms with Crippen LogP contribution in [0.4, 0.5) is 4.79 Å². The number of piperidine rings is 1. The van der Waals surface area contributed by atoms with Gasteiger partial charge in [-0.15, -0.1) is 0 Å². The Morgan fingerprint density at radius 2 is 2.19 bits per heavy atom. The standard InChI is InChI=1S/C15H21ClN2O3/c1-2-21-15(20)18-7-5-13(6-8-18)17-10-11-9-12(16)3-4-14(11)19/h3-4,9,13,17,19H,2,5-8,10H2,1H3. The summed E-state index contributed by atoms with van der Waals surface area (Å²) in [5, 5.41) is 13.8. The molecule has 1 amide bonds. The molecule has 0 atom stereocenters. The van der Waals surface area contributed by atoms with Crippen LogP contribution in [0.25, 0.3) is 0 Å². The second kappa shape index (κ2) is 7.52. The lowest BCUT2D eigenvalue weighted by atomic mass is 10.0. The summed E-state index contributed by atoms with van der Waals surface area (Å²) >= 11 is 5.93. The van der Waals surface area contributed by atoms with Crippen molar-refractivity contribution in [3.63, 3.8) is 0 Å². The van der Waals surface area contributed by atoms with Gasteiger partial charge < -0.3 is 20.1 Å². The lowest BCUT2D eigenvalue weighted by Gasteiger charge is -2.31. The molecule has 0 bridgehead atoms. The van der Waals surface area contributed by atoms with Crippen LogP contribution in [0.2, 0.25) is 5.02 Å². The van der Waals surface area contributed by atoms with Crippen LogP contribution < -0.4 is 5.32 Å². The third-order valence-corrected chi connectivity index (χ3v) is 3.88. The molecule has 2 rings (SSSR count). The van der Waals surface area contributed by atoms with Gasteiger partial charge in [-0.1, -0.05) is 11.6 Å². The number of halogens is 1. The highest BCUT2D eigenvalue weighted by Crippen LogP contribution is 2.22. The zero-order chi connectivity index (χ0) is 15.2. The summed E-state index contributed by atoms with van der Waals surface area (Å²) in [4.78, 5) is 13.3. The molecule has 2 N–H and O–H groups in total. The highest BCUT2D eigenvalue weighted by Gasteiger charge is 2.23. The van der Waals surface area contributed by atoms with Crippen molar-refractivity contribution in [2.45, 2.75) is 32.4 Å². The predicted octanol–water partition coefficient (Wildman–Crippen LogP) is 2.76. The monoisotopic (exact) mass is 312 g/mol. The van der Waals surface area contributed by atoms with E-state index < -0.39 is 0 Å². The third-order valence-electron chi connectivity index (χ3n) is 3.64. The molecule has 6 heteroatoms. The number of ether oxygens (including phenoxy) is 1. The van der Waals surface area contributed by atoms with Crippen LogP contribution in [0, 0.1) is 0 Å². The van der Waals surface area contributed by atoms with Crippen molar-refractivity contribution in [1.82, 2.24) is 10.2 Å². The third kappa shape index (κ3) is 4.51. The van der Waals surface area contributed by atoms with E-state index in [1.165, 1.54) is 0 Å². The predicted molar refractivity (Wildman–Crippen MR) is 81.6 cm³/mol. The van der Waals surface area contributed by atoms with Crippen molar-refractivity contribution in [2.75, 3.05) is 19.7 Å². The number of amides is 1. The summed E-state index contributed by atoms with van der Waals surface area (Å²) in [6.07, 6.45) is 1.52. The first-order valence-corrected chi connectivity index (χ1v) is 7.60. The number of aromatic hydroxyl groups is 1. The summed E-state index contributed by atoms with van der Waals surface area (Å²) in [5.41, 5.74) is 0.787. The van der Waals surface area contributed by atoms with E-state index in [0.717, 1.165) is 18.4 Å². The molecule has 1 aliphatic rings. The van der Waals surface area contributed by atoms with Crippen LogP contribution in [0.5, 0.6) is 5.75 Å². The van der Waals surface area contributed by atoms with E-state index in [2.05, 4.69) is 5.32 Å². The molecular weight excluding hydrogens is 292 g/mol. The molecule has 1 aromatic carbocycles. The number of phenols is 1. The Kier molecular flexibility index (Phi) is 5.70. The quantitative estimate of drug-likeness (QED) is 0.897. The van der Waals surface area contributed by atoms with Crippen molar-refractivity contribution < 1.29 is 14.6 Å². The number of nitrogens with one attached hydrogen (secondary N) is 1. The number of rotatable bonds is 4. The van der Waals surface area contributed by atoms with Gasteiger partial charge in [0.25, 0.3) is 0 Å². The number of hydrogen-bond acceptors (Lipinski definition) is 4. The van der Waals surface area contributed by atoms with Gasteiger partial charge >= 0.3 is 6.09 Å². The molecule has 1 heterocycles. The Hall–Kier alpha value is -1.46. The molecular formula is C15H21ClN2O3. The first-order chi connectivity index (χ1) is 10.1. The minimum absolute atomic E-state index is 0.233. The minimum atomic E-state index is -0.233. The van der Waals surface area contributed by atoms with Gasteiger partial charge in [-0.05, 0) is 38.0 Å². The summed E-state index contributed by atoms with van der Waals surface area (Å²) in [7, 11) is 0. The van der Waals surface area contributed by atoms with E-state index in [0.29, 0.717) is 37.3 Å². The first-order valence-electron chi connectivity index (χ1n) is 7.22. The summed E-state index contributed by atoms with van der Waals surface area (Å²) in [5.74, 6) is 0.246. The highest BCUT2D eigenvalue weighted by atomic mass is 35.5. The maximum atomic E-state index is 11.6. The summed E-state index contributed by atoms with van der Waals surface area (Å²) in [6.45, 7) is 4.17. The maximum Gasteiger partial charge on any atom is 0.409 e. The lowest BCUT2D eigenvalue weighted by Crippen LogP contribution is -2.44. The van der Waals surface area contributed by atoms with Crippen LogP contribution in [-0.2, 0) is 11.3 Å². The summed E-state index contributed by atoms with van der Waals surface area (Å²) < 4.78 is 4.99. The van der Waals surface area contributed by atoms with Gasteiger partial charge in [0, 0.05) is 36.3 Å². The molecule has 21 heavy (non-hydrogen) atoms. The normalized spacial score (nSPS) is 16.0. The molecule has 1 aliphatic heterocycles. The Labute approximate surface area is 129 Å². The Morgan fingerprint density at radius 3 is 2.86 bits per heavy atom. The zero-order valence-electron chi connectivity index (χ0n) is 12.1. The second-order valence-electron chi connectivity index (χ2n) is 5.11. The molecule has 1 saturated heterocycles. The van der Waals surface area contributed by atoms with E-state index in [9.17, 15) is 9.90 Å². The van der Waals surface area contributed by atoms with E-state index in [1.807, 2.05) is 6.92 Å². The van der Waals surface area contributed by atoms with E-state index >= 15 is 0 Å². The van der Waals surface area contributed by atoms with E-state index in [-0.39, 0.29) is 11.8 Å². The van der Waals surface area contributed by atoms with Gasteiger partial charge in [0.2, 0.25) is 0 Å². The minimum Gasteiger partial charge on any atom is -0.508 e. The SMILES string of the molecule is CCOC(=O)N1CCC(NCc2cc(Cl)ccc2O)CC1. The number of nitrogens with zero attached hydrogens (tertiary/aromatic N) is 1. The molecule has 1 aromatic rings. The van der Waals surface area contributed by atoms with Crippen LogP contribution in [0.15, 0.2) is 18.2 Å². The van der Waals surface area contributed by atoms with Crippen molar-refractivity contribution in [1.29, 1.82) is 0 Å². The Balaban J connectivity index is 1.79. The first kappa shape index (κ1) is 15.9. The molecule has 5 nitrogen and oxygen atoms in total. The highest BCUT2D eigenvalue weighted by molar-refractivity contribution is 6.30. The number of benzene rings is 1. The largest absolute Gasteiger partial charge is 0.508 e. The van der Waals surface area contributed by atoms with E-state index in [4.69, 9.17) is 16.3 Å². The fourth-order valence-corrected chi connectivity index (χ4v) is 2.63. The maximum absolute atomic E-state index is 11.6. The van der Waals surface area contributed by atoms with Crippen molar-refractivity contribution in [2.24, 2.45) is 0 Å². The van der Waals surface area contributed by atoms with Crippen LogP contribution in [0.3, 0.4) is 0 Å². The zero-order valence-corrected chi connectivity index (χ0v) is 12.9. The Bertz CT molecular complexity index is 488. The molecule has 0 aromatic heterocycles. The molecule has 1 fully saturated rings. The lowest BCUT2D eigenvalue weighted by molar-refractivity contribution is 0.0950. The van der Waals surface area contributed by atoms with E-state index in [1.54, 1.807) is 23.1 Å². The van der Waals surface area contributed by atoms with Gasteiger partial charge in [0.05, 0.1) is 6.61 Å². The summed E-state index contributed by atoms with van der Waals surface area (Å²) in [6, 6.07) is 5.35. The van der Waals surface area contributed by atoms with Crippen molar-refractivity contribution in [3.8, 4) is 5.75 Å². The molecule has 0 unspecified atom stereocenters. The number of likely N-dealkylation sites (tertiary alicyclic amines) is 1. The fourth-order valence-electron chi connectivity index (χ4n) is 2.43. The van der Waals surface area contributed by atoms with Crippen molar-refractivity contribution >= 4 is 17.7 Å². The number of hydrogen-bond donors (Lipinski definition) is 2. The average Bonchev–Trinajstić information content (AvgIpc) is 2.49. The van der Waals surface area contributed by atoms with Gasteiger partial charge in [0.1, 0.15) is 5.75 Å². The number of phenolic OH excluding ortho intramolecular Hbond substituents is 1. The molecule has 0 saturated carbocycles. The number of carbonyl (C=O) groups is 1. The topological polar surface area (TPSA) is 61.8 Å². The van der Waals surface area contributed by atoms with Gasteiger partial charge in [-0.25, -0.2) is 4.79 Å². The van der Waals surface area contributed by atoms with Gasteiger partial charge in [-0.2, -0.15) is 0 Å². The van der Waals surface area contributed by atoms with Gasteiger partial charge in [0.15, 0.2) is 0 Å². The van der Waals surface area contributed by atoms with Crippen LogP contribution in [0.1, 0.15) is 25.3 Å². The second-order valence-corrected chi connectivity index (χ2v) is 5.55. The van der Waals surface area contributed by atoms with Crippen LogP contribution >= 0.6 is 11.6 Å². The molecule has 0 aliphatic carbocycles. The average molecular weight is 313 g/mol. The number of carbonyl (C=O) groups excluding carboxylic acids is 1. The fraction of sp³-hybridized carbons (Fsp3) is 0.533. The Morgan fingerprint density at radius 1 is 1.48 bits per heavy atom.